The highest BCUT2D eigenvalue weighted by atomic mass is 16.6. The van der Waals surface area contributed by atoms with Gasteiger partial charge in [0.05, 0.1) is 19.2 Å². The Hall–Kier alpha value is -2.54. The largest absolute Gasteiger partial charge is 0.486 e. The highest BCUT2D eigenvalue weighted by molar-refractivity contribution is 5.91. The number of ether oxygens (including phenoxy) is 3. The quantitative estimate of drug-likeness (QED) is 0.897. The van der Waals surface area contributed by atoms with Gasteiger partial charge in [-0.2, -0.15) is 5.10 Å². The van der Waals surface area contributed by atoms with Gasteiger partial charge in [-0.05, 0) is 24.1 Å². The molecule has 1 atom stereocenters. The Kier molecular flexibility index (Phi) is 4.56. The first-order valence-corrected chi connectivity index (χ1v) is 8.56. The summed E-state index contributed by atoms with van der Waals surface area (Å²) in [7, 11) is 0. The fourth-order valence-electron chi connectivity index (χ4n) is 3.13. The van der Waals surface area contributed by atoms with Crippen molar-refractivity contribution in [1.82, 2.24) is 9.78 Å². The minimum absolute atomic E-state index is 0.0823. The monoisotopic (exact) mass is 343 g/mol. The molecule has 7 nitrogen and oxygen atoms in total. The number of amides is 1. The molecule has 0 bridgehead atoms. The van der Waals surface area contributed by atoms with E-state index in [4.69, 9.17) is 14.2 Å². The van der Waals surface area contributed by atoms with Crippen LogP contribution in [-0.2, 0) is 22.5 Å². The molecule has 2 aromatic rings. The summed E-state index contributed by atoms with van der Waals surface area (Å²) >= 11 is 0. The number of carbonyl (C=O) groups excluding carboxylic acids is 1. The maximum atomic E-state index is 12.4. The summed E-state index contributed by atoms with van der Waals surface area (Å²) in [6.07, 6.45) is 3.01. The highest BCUT2D eigenvalue weighted by Crippen LogP contribution is 2.31. The molecule has 4 rings (SSSR count). The molecule has 7 heteroatoms. The van der Waals surface area contributed by atoms with E-state index in [-0.39, 0.29) is 12.3 Å². The zero-order valence-electron chi connectivity index (χ0n) is 13.9. The Labute approximate surface area is 145 Å². The fourth-order valence-corrected chi connectivity index (χ4v) is 3.13. The van der Waals surface area contributed by atoms with Gasteiger partial charge in [0, 0.05) is 25.1 Å². The molecular formula is C18H21N3O4. The number of carbonyl (C=O) groups is 1. The molecular weight excluding hydrogens is 322 g/mol. The van der Waals surface area contributed by atoms with E-state index in [1.165, 1.54) is 0 Å². The molecule has 1 amide bonds. The molecule has 3 heterocycles. The standard InChI is InChI=1S/C18H21N3O4/c22-18(10-13-1-2-15-16(9-13)25-8-7-24-15)20-17-3-5-19-21(17)11-14-4-6-23-12-14/h1-3,5,9,14H,4,6-8,10-12H2,(H,20,22). The van der Waals surface area contributed by atoms with Crippen LogP contribution in [0.25, 0.3) is 0 Å². The van der Waals surface area contributed by atoms with Gasteiger partial charge in [-0.3, -0.25) is 4.79 Å². The third kappa shape index (κ3) is 3.76. The predicted molar refractivity (Wildman–Crippen MR) is 90.9 cm³/mol. The number of nitrogens with one attached hydrogen (secondary N) is 1. The summed E-state index contributed by atoms with van der Waals surface area (Å²) in [6, 6.07) is 7.42. The second kappa shape index (κ2) is 7.14. The maximum Gasteiger partial charge on any atom is 0.229 e. The molecule has 2 aliphatic heterocycles. The summed E-state index contributed by atoms with van der Waals surface area (Å²) in [5, 5.41) is 7.25. The van der Waals surface area contributed by atoms with Gasteiger partial charge >= 0.3 is 0 Å². The smallest absolute Gasteiger partial charge is 0.229 e. The topological polar surface area (TPSA) is 74.6 Å². The van der Waals surface area contributed by atoms with Gasteiger partial charge in [0.2, 0.25) is 5.91 Å². The van der Waals surface area contributed by atoms with Crippen molar-refractivity contribution in [2.45, 2.75) is 19.4 Å². The number of hydrogen-bond acceptors (Lipinski definition) is 5. The van der Waals surface area contributed by atoms with Crippen molar-refractivity contribution < 1.29 is 19.0 Å². The van der Waals surface area contributed by atoms with E-state index >= 15 is 0 Å². The van der Waals surface area contributed by atoms with Gasteiger partial charge in [-0.1, -0.05) is 6.07 Å². The molecule has 0 aliphatic carbocycles. The number of benzene rings is 1. The first kappa shape index (κ1) is 16.0. The van der Waals surface area contributed by atoms with E-state index in [0.29, 0.717) is 24.9 Å². The average Bonchev–Trinajstić information content (AvgIpc) is 3.28. The minimum atomic E-state index is -0.0823. The van der Waals surface area contributed by atoms with Crippen molar-refractivity contribution in [2.75, 3.05) is 31.7 Å². The molecule has 25 heavy (non-hydrogen) atoms. The Morgan fingerprint density at radius 2 is 2.08 bits per heavy atom. The van der Waals surface area contributed by atoms with Crippen LogP contribution in [-0.4, -0.2) is 42.1 Å². The van der Waals surface area contributed by atoms with Crippen molar-refractivity contribution >= 4 is 11.7 Å². The van der Waals surface area contributed by atoms with Crippen LogP contribution >= 0.6 is 0 Å². The Bertz CT molecular complexity index is 753. The number of nitrogens with zero attached hydrogens (tertiary/aromatic N) is 2. The van der Waals surface area contributed by atoms with Crippen LogP contribution in [0, 0.1) is 5.92 Å². The summed E-state index contributed by atoms with van der Waals surface area (Å²) in [4.78, 5) is 12.4. The van der Waals surface area contributed by atoms with Gasteiger partial charge in [0.1, 0.15) is 19.0 Å². The van der Waals surface area contributed by atoms with Crippen LogP contribution in [0.15, 0.2) is 30.5 Å². The number of hydrogen-bond donors (Lipinski definition) is 1. The van der Waals surface area contributed by atoms with Crippen LogP contribution in [0.3, 0.4) is 0 Å². The van der Waals surface area contributed by atoms with Crippen LogP contribution in [0.5, 0.6) is 11.5 Å². The lowest BCUT2D eigenvalue weighted by Crippen LogP contribution is -2.20. The van der Waals surface area contributed by atoms with Gasteiger partial charge < -0.3 is 19.5 Å². The van der Waals surface area contributed by atoms with Gasteiger partial charge in [0.25, 0.3) is 0 Å². The molecule has 132 valence electrons. The average molecular weight is 343 g/mol. The van der Waals surface area contributed by atoms with Crippen LogP contribution in [0.2, 0.25) is 0 Å². The predicted octanol–water partition coefficient (Wildman–Crippen LogP) is 1.87. The lowest BCUT2D eigenvalue weighted by Gasteiger charge is -2.18. The Morgan fingerprint density at radius 1 is 1.20 bits per heavy atom. The molecule has 2 aliphatic rings. The van der Waals surface area contributed by atoms with Gasteiger partial charge in [0.15, 0.2) is 11.5 Å². The minimum Gasteiger partial charge on any atom is -0.486 e. The summed E-state index contributed by atoms with van der Waals surface area (Å²) < 4.78 is 18.3. The van der Waals surface area contributed by atoms with Gasteiger partial charge in [-0.25, -0.2) is 4.68 Å². The third-order valence-electron chi connectivity index (χ3n) is 4.41. The van der Waals surface area contributed by atoms with Crippen molar-refractivity contribution in [3.05, 3.63) is 36.0 Å². The molecule has 1 saturated heterocycles. The van der Waals surface area contributed by atoms with Crippen molar-refractivity contribution in [3.8, 4) is 11.5 Å². The van der Waals surface area contributed by atoms with Crippen molar-refractivity contribution in [3.63, 3.8) is 0 Å². The zero-order valence-corrected chi connectivity index (χ0v) is 13.9. The van der Waals surface area contributed by atoms with E-state index < -0.39 is 0 Å². The zero-order chi connectivity index (χ0) is 17.1. The van der Waals surface area contributed by atoms with E-state index in [2.05, 4.69) is 10.4 Å². The van der Waals surface area contributed by atoms with Crippen LogP contribution < -0.4 is 14.8 Å². The van der Waals surface area contributed by atoms with E-state index in [1.807, 2.05) is 28.9 Å². The first-order chi connectivity index (χ1) is 12.3. The number of anilines is 1. The summed E-state index contributed by atoms with van der Waals surface area (Å²) in [6.45, 7) is 3.41. The maximum absolute atomic E-state index is 12.4. The second-order valence-corrected chi connectivity index (χ2v) is 6.33. The SMILES string of the molecule is O=C(Cc1ccc2c(c1)OCCO2)Nc1ccnn1CC1CCOC1. The first-order valence-electron chi connectivity index (χ1n) is 8.56. The molecule has 1 unspecified atom stereocenters. The lowest BCUT2D eigenvalue weighted by atomic mass is 10.1. The third-order valence-corrected chi connectivity index (χ3v) is 4.41. The second-order valence-electron chi connectivity index (χ2n) is 6.33. The molecule has 1 aromatic heterocycles. The molecule has 0 spiro atoms. The number of aromatic nitrogens is 2. The molecule has 1 aromatic carbocycles. The van der Waals surface area contributed by atoms with Crippen LogP contribution in [0.1, 0.15) is 12.0 Å². The molecule has 0 radical (unpaired) electrons. The fraction of sp³-hybridized carbons (Fsp3) is 0.444. The Balaban J connectivity index is 1.38. The lowest BCUT2D eigenvalue weighted by molar-refractivity contribution is -0.115. The van der Waals surface area contributed by atoms with Gasteiger partial charge in [-0.15, -0.1) is 0 Å². The summed E-state index contributed by atoms with van der Waals surface area (Å²) in [5.74, 6) is 2.51. The molecule has 0 saturated carbocycles. The van der Waals surface area contributed by atoms with E-state index in [0.717, 1.165) is 43.3 Å². The normalized spacial score (nSPS) is 19.0. The number of rotatable bonds is 5. The van der Waals surface area contributed by atoms with Crippen molar-refractivity contribution in [1.29, 1.82) is 0 Å². The Morgan fingerprint density at radius 3 is 2.92 bits per heavy atom. The van der Waals surface area contributed by atoms with Crippen LogP contribution in [0.4, 0.5) is 5.82 Å². The highest BCUT2D eigenvalue weighted by Gasteiger charge is 2.19. The molecule has 1 N–H and O–H groups in total. The van der Waals surface area contributed by atoms with Crippen molar-refractivity contribution in [2.24, 2.45) is 5.92 Å². The molecule has 1 fully saturated rings. The van der Waals surface area contributed by atoms with E-state index in [9.17, 15) is 4.79 Å². The summed E-state index contributed by atoms with van der Waals surface area (Å²) in [5.41, 5.74) is 0.886. The number of fused-ring (bicyclic) bond motifs is 1. The van der Waals surface area contributed by atoms with E-state index in [1.54, 1.807) is 6.20 Å².